The maximum absolute atomic E-state index is 10.7. The zero-order valence-corrected chi connectivity index (χ0v) is 19.4. The molecule has 0 radical (unpaired) electrons. The number of aliphatic imine (C=N–C) groups is 1. The molecule has 2 fully saturated rings. The fraction of sp³-hybridized carbons (Fsp3) is 0.667. The molecule has 3 N–H and O–H groups in total. The number of guanidine groups is 1. The fourth-order valence-electron chi connectivity index (χ4n) is 4.10. The van der Waals surface area contributed by atoms with Crippen molar-refractivity contribution in [2.24, 2.45) is 4.99 Å². The first-order valence-corrected chi connectivity index (χ1v) is 10.3. The van der Waals surface area contributed by atoms with E-state index in [-0.39, 0.29) is 24.0 Å². The third-order valence-corrected chi connectivity index (χ3v) is 5.61. The van der Waals surface area contributed by atoms with Crippen molar-refractivity contribution in [3.05, 3.63) is 24.3 Å². The van der Waals surface area contributed by atoms with Crippen LogP contribution in [0, 0.1) is 0 Å². The number of hydrogen-bond acceptors (Lipinski definition) is 4. The molecule has 1 aliphatic carbocycles. The second-order valence-electron chi connectivity index (χ2n) is 7.73. The van der Waals surface area contributed by atoms with Crippen LogP contribution >= 0.6 is 24.0 Å². The number of anilines is 1. The molecule has 0 aromatic heterocycles. The molecule has 6 nitrogen and oxygen atoms in total. The Morgan fingerprint density at radius 2 is 2.04 bits per heavy atom. The standard InChI is InChI=1S/C21H34N4O2.HI/c1-3-22-20(23-16-21(26)12-7-4-8-13-21)24-17-11-14-25(15-17)18-9-5-6-10-19(18)27-2;/h5-6,9-10,17,26H,3-4,7-8,11-16H2,1-2H3,(H2,22,23,24);1H. The van der Waals surface area contributed by atoms with Crippen LogP contribution in [0.2, 0.25) is 0 Å². The lowest BCUT2D eigenvalue weighted by Crippen LogP contribution is -2.46. The quantitative estimate of drug-likeness (QED) is 0.317. The number of para-hydroxylation sites is 2. The van der Waals surface area contributed by atoms with Crippen LogP contribution < -0.4 is 20.3 Å². The summed E-state index contributed by atoms with van der Waals surface area (Å²) in [6.07, 6.45) is 6.21. The summed E-state index contributed by atoms with van der Waals surface area (Å²) < 4.78 is 5.50. The predicted molar refractivity (Wildman–Crippen MR) is 126 cm³/mol. The smallest absolute Gasteiger partial charge is 0.191 e. The van der Waals surface area contributed by atoms with E-state index in [1.165, 1.54) is 6.42 Å². The van der Waals surface area contributed by atoms with Gasteiger partial charge in [-0.15, -0.1) is 24.0 Å². The zero-order valence-electron chi connectivity index (χ0n) is 17.1. The van der Waals surface area contributed by atoms with Crippen molar-refractivity contribution in [2.45, 2.75) is 57.1 Å². The van der Waals surface area contributed by atoms with E-state index in [1.807, 2.05) is 12.1 Å². The molecule has 1 unspecified atom stereocenters. The van der Waals surface area contributed by atoms with E-state index < -0.39 is 5.60 Å². The minimum atomic E-state index is -0.625. The van der Waals surface area contributed by atoms with Gasteiger partial charge in [0.2, 0.25) is 0 Å². The Labute approximate surface area is 186 Å². The van der Waals surface area contributed by atoms with Gasteiger partial charge in [-0.25, -0.2) is 0 Å². The van der Waals surface area contributed by atoms with Crippen LogP contribution in [0.1, 0.15) is 45.4 Å². The molecule has 0 spiro atoms. The molecule has 1 aliphatic heterocycles. The van der Waals surface area contributed by atoms with Gasteiger partial charge in [-0.05, 0) is 38.3 Å². The van der Waals surface area contributed by atoms with Crippen molar-refractivity contribution in [2.75, 3.05) is 38.2 Å². The van der Waals surface area contributed by atoms with Crippen LogP contribution in [0.15, 0.2) is 29.3 Å². The highest BCUT2D eigenvalue weighted by atomic mass is 127. The summed E-state index contributed by atoms with van der Waals surface area (Å²) in [6.45, 7) is 5.26. The number of nitrogens with one attached hydrogen (secondary N) is 2. The van der Waals surface area contributed by atoms with E-state index in [0.29, 0.717) is 12.6 Å². The van der Waals surface area contributed by atoms with Gasteiger partial charge in [0.25, 0.3) is 0 Å². The lowest BCUT2D eigenvalue weighted by molar-refractivity contribution is 0.0131. The monoisotopic (exact) mass is 502 g/mol. The number of halogens is 1. The van der Waals surface area contributed by atoms with Crippen LogP contribution in [0.5, 0.6) is 5.75 Å². The Morgan fingerprint density at radius 1 is 1.29 bits per heavy atom. The maximum Gasteiger partial charge on any atom is 0.191 e. The Morgan fingerprint density at radius 3 is 2.75 bits per heavy atom. The predicted octanol–water partition coefficient (Wildman–Crippen LogP) is 3.14. The number of nitrogens with zero attached hydrogens (tertiary/aromatic N) is 2. The molecule has 0 amide bonds. The molecule has 28 heavy (non-hydrogen) atoms. The number of hydrogen-bond donors (Lipinski definition) is 3. The molecule has 3 rings (SSSR count). The lowest BCUT2D eigenvalue weighted by Gasteiger charge is -2.30. The highest BCUT2D eigenvalue weighted by Crippen LogP contribution is 2.30. The summed E-state index contributed by atoms with van der Waals surface area (Å²) in [5.41, 5.74) is 0.516. The number of rotatable bonds is 6. The first-order chi connectivity index (χ1) is 13.1. The first kappa shape index (κ1) is 23.1. The third kappa shape index (κ3) is 6.14. The van der Waals surface area contributed by atoms with E-state index >= 15 is 0 Å². The molecule has 1 atom stereocenters. The van der Waals surface area contributed by atoms with Gasteiger partial charge in [-0.2, -0.15) is 0 Å². The average molecular weight is 502 g/mol. The fourth-order valence-corrected chi connectivity index (χ4v) is 4.10. The molecule has 158 valence electrons. The summed E-state index contributed by atoms with van der Waals surface area (Å²) in [6, 6.07) is 8.49. The summed E-state index contributed by atoms with van der Waals surface area (Å²) >= 11 is 0. The van der Waals surface area contributed by atoms with Gasteiger partial charge in [-0.3, -0.25) is 4.99 Å². The number of aliphatic hydroxyl groups is 1. The molecule has 1 saturated carbocycles. The van der Waals surface area contributed by atoms with Crippen LogP contribution in [-0.2, 0) is 0 Å². The molecule has 1 aromatic rings. The Hall–Kier alpha value is -1.22. The molecule has 1 saturated heterocycles. The van der Waals surface area contributed by atoms with Gasteiger partial charge in [0.05, 0.1) is 24.9 Å². The Kier molecular flexibility index (Phi) is 9.14. The van der Waals surface area contributed by atoms with Crippen LogP contribution in [-0.4, -0.2) is 56.0 Å². The molecule has 1 heterocycles. The number of ether oxygens (including phenoxy) is 1. The average Bonchev–Trinajstić information content (AvgIpc) is 3.15. The largest absolute Gasteiger partial charge is 0.495 e. The van der Waals surface area contributed by atoms with Gasteiger partial charge in [-0.1, -0.05) is 31.4 Å². The van der Waals surface area contributed by atoms with Crippen LogP contribution in [0.3, 0.4) is 0 Å². The van der Waals surface area contributed by atoms with Crippen molar-refractivity contribution in [3.63, 3.8) is 0 Å². The van der Waals surface area contributed by atoms with Gasteiger partial charge in [0.15, 0.2) is 5.96 Å². The molecular formula is C21H35IN4O2. The van der Waals surface area contributed by atoms with Gasteiger partial charge in [0, 0.05) is 25.7 Å². The minimum absolute atomic E-state index is 0. The minimum Gasteiger partial charge on any atom is -0.495 e. The lowest BCUT2D eigenvalue weighted by atomic mass is 9.85. The molecular weight excluding hydrogens is 467 g/mol. The van der Waals surface area contributed by atoms with Crippen molar-refractivity contribution >= 4 is 35.6 Å². The summed E-state index contributed by atoms with van der Waals surface area (Å²) in [5, 5.41) is 17.6. The van der Waals surface area contributed by atoms with E-state index in [0.717, 1.165) is 69.1 Å². The van der Waals surface area contributed by atoms with Crippen LogP contribution in [0.25, 0.3) is 0 Å². The second-order valence-corrected chi connectivity index (χ2v) is 7.73. The summed E-state index contributed by atoms with van der Waals surface area (Å²) in [4.78, 5) is 7.06. The van der Waals surface area contributed by atoms with E-state index in [1.54, 1.807) is 7.11 Å². The summed E-state index contributed by atoms with van der Waals surface area (Å²) in [7, 11) is 1.72. The highest BCUT2D eigenvalue weighted by Gasteiger charge is 2.29. The van der Waals surface area contributed by atoms with Crippen molar-refractivity contribution in [3.8, 4) is 5.75 Å². The summed E-state index contributed by atoms with van der Waals surface area (Å²) in [5.74, 6) is 1.72. The van der Waals surface area contributed by atoms with E-state index in [2.05, 4.69) is 34.6 Å². The number of benzene rings is 1. The van der Waals surface area contributed by atoms with Gasteiger partial charge < -0.3 is 25.4 Å². The van der Waals surface area contributed by atoms with Gasteiger partial charge in [0.1, 0.15) is 5.75 Å². The molecule has 0 bridgehead atoms. The Bertz CT molecular complexity index is 635. The second kappa shape index (κ2) is 11.1. The third-order valence-electron chi connectivity index (χ3n) is 5.61. The molecule has 1 aromatic carbocycles. The number of methoxy groups -OCH3 is 1. The SMILES string of the molecule is CCNC(=NCC1(O)CCCCC1)NC1CCN(c2ccccc2OC)C1.I. The first-order valence-electron chi connectivity index (χ1n) is 10.3. The molecule has 7 heteroatoms. The molecule has 2 aliphatic rings. The maximum atomic E-state index is 10.7. The van der Waals surface area contributed by atoms with Gasteiger partial charge >= 0.3 is 0 Å². The van der Waals surface area contributed by atoms with Crippen molar-refractivity contribution < 1.29 is 9.84 Å². The van der Waals surface area contributed by atoms with E-state index in [9.17, 15) is 5.11 Å². The normalized spacial score (nSPS) is 21.8. The van der Waals surface area contributed by atoms with Crippen LogP contribution in [0.4, 0.5) is 5.69 Å². The van der Waals surface area contributed by atoms with Crippen molar-refractivity contribution in [1.82, 2.24) is 10.6 Å². The Balaban J connectivity index is 0.00000280. The zero-order chi connectivity index (χ0) is 19.1. The van der Waals surface area contributed by atoms with E-state index in [4.69, 9.17) is 9.73 Å². The highest BCUT2D eigenvalue weighted by molar-refractivity contribution is 14.0. The van der Waals surface area contributed by atoms with Crippen molar-refractivity contribution in [1.29, 1.82) is 0 Å². The topological polar surface area (TPSA) is 69.1 Å².